The number of carbonyl (C=O) groups is 3. The molecule has 3 amide bonds. The van der Waals surface area contributed by atoms with Crippen molar-refractivity contribution in [2.45, 2.75) is 0 Å². The Bertz CT molecular complexity index is 1100. The minimum atomic E-state index is -0.251. The van der Waals surface area contributed by atoms with Crippen molar-refractivity contribution in [3.8, 4) is 0 Å². The standard InChI is InChI=1S/C25H26N4O3/c1-28(2)24(31)18-12-14-20(15-13-18)26-17-23(30)27-21-9-7-8-19(16-21)25(32)29(3)22-10-5-4-6-11-22/h4-16,26H,17H2,1-3H3,(H,27,30). The lowest BCUT2D eigenvalue weighted by molar-refractivity contribution is -0.114. The van der Waals surface area contributed by atoms with Gasteiger partial charge in [0.25, 0.3) is 11.8 Å². The van der Waals surface area contributed by atoms with Crippen molar-refractivity contribution in [2.75, 3.05) is 43.2 Å². The Hall–Kier alpha value is -4.13. The van der Waals surface area contributed by atoms with E-state index in [0.29, 0.717) is 16.8 Å². The van der Waals surface area contributed by atoms with Crippen LogP contribution in [-0.2, 0) is 4.79 Å². The molecule has 0 aliphatic rings. The average molecular weight is 431 g/mol. The van der Waals surface area contributed by atoms with Crippen molar-refractivity contribution < 1.29 is 14.4 Å². The van der Waals surface area contributed by atoms with E-state index in [2.05, 4.69) is 10.6 Å². The molecule has 32 heavy (non-hydrogen) atoms. The molecule has 0 radical (unpaired) electrons. The second-order valence-electron chi connectivity index (χ2n) is 7.46. The summed E-state index contributed by atoms with van der Waals surface area (Å²) >= 11 is 0. The Morgan fingerprint density at radius 1 is 0.719 bits per heavy atom. The molecule has 3 aromatic carbocycles. The van der Waals surface area contributed by atoms with Crippen LogP contribution in [0.3, 0.4) is 0 Å². The molecule has 0 bridgehead atoms. The van der Waals surface area contributed by atoms with E-state index in [1.165, 1.54) is 4.90 Å². The molecule has 0 aliphatic heterocycles. The molecule has 7 nitrogen and oxygen atoms in total. The van der Waals surface area contributed by atoms with Crippen LogP contribution in [0.1, 0.15) is 20.7 Å². The Kier molecular flexibility index (Phi) is 7.23. The minimum absolute atomic E-state index is 0.0447. The fraction of sp³-hybridized carbons (Fsp3) is 0.160. The monoisotopic (exact) mass is 430 g/mol. The van der Waals surface area contributed by atoms with Gasteiger partial charge in [-0.25, -0.2) is 0 Å². The highest BCUT2D eigenvalue weighted by Gasteiger charge is 2.14. The van der Waals surface area contributed by atoms with E-state index in [9.17, 15) is 14.4 Å². The van der Waals surface area contributed by atoms with Crippen molar-refractivity contribution in [1.82, 2.24) is 4.90 Å². The van der Waals surface area contributed by atoms with E-state index in [0.717, 1.165) is 11.4 Å². The van der Waals surface area contributed by atoms with E-state index in [4.69, 9.17) is 0 Å². The molecule has 0 fully saturated rings. The normalized spacial score (nSPS) is 10.2. The second-order valence-corrected chi connectivity index (χ2v) is 7.46. The van der Waals surface area contributed by atoms with Crippen LogP contribution in [0.25, 0.3) is 0 Å². The summed E-state index contributed by atoms with van der Waals surface area (Å²) in [7, 11) is 5.10. The van der Waals surface area contributed by atoms with Gasteiger partial charge in [0.1, 0.15) is 0 Å². The highest BCUT2D eigenvalue weighted by Crippen LogP contribution is 2.17. The maximum Gasteiger partial charge on any atom is 0.258 e. The Morgan fingerprint density at radius 2 is 1.41 bits per heavy atom. The van der Waals surface area contributed by atoms with Gasteiger partial charge in [-0.3, -0.25) is 14.4 Å². The van der Waals surface area contributed by atoms with Gasteiger partial charge < -0.3 is 20.4 Å². The van der Waals surface area contributed by atoms with E-state index < -0.39 is 0 Å². The molecule has 3 rings (SSSR count). The molecule has 0 spiro atoms. The van der Waals surface area contributed by atoms with Gasteiger partial charge in [0, 0.05) is 49.3 Å². The van der Waals surface area contributed by atoms with Crippen LogP contribution < -0.4 is 15.5 Å². The molecule has 2 N–H and O–H groups in total. The van der Waals surface area contributed by atoms with E-state index >= 15 is 0 Å². The lowest BCUT2D eigenvalue weighted by Crippen LogP contribution is -2.26. The molecule has 7 heteroatoms. The minimum Gasteiger partial charge on any atom is -0.376 e. The summed E-state index contributed by atoms with van der Waals surface area (Å²) in [6.45, 7) is 0.0447. The number of amides is 3. The third kappa shape index (κ3) is 5.72. The largest absolute Gasteiger partial charge is 0.376 e. The van der Waals surface area contributed by atoms with Gasteiger partial charge in [-0.15, -0.1) is 0 Å². The summed E-state index contributed by atoms with van der Waals surface area (Å²) in [6.07, 6.45) is 0. The van der Waals surface area contributed by atoms with Crippen LogP contribution in [-0.4, -0.2) is 50.3 Å². The lowest BCUT2D eigenvalue weighted by Gasteiger charge is -2.17. The van der Waals surface area contributed by atoms with Gasteiger partial charge in [0.05, 0.1) is 6.54 Å². The van der Waals surface area contributed by atoms with Crippen LogP contribution in [0.2, 0.25) is 0 Å². The number of rotatable bonds is 7. The highest BCUT2D eigenvalue weighted by molar-refractivity contribution is 6.06. The maximum atomic E-state index is 12.8. The number of nitrogens with zero attached hydrogens (tertiary/aromatic N) is 2. The summed E-state index contributed by atoms with van der Waals surface area (Å²) in [5.41, 5.74) is 3.10. The van der Waals surface area contributed by atoms with Gasteiger partial charge in [-0.1, -0.05) is 24.3 Å². The molecular weight excluding hydrogens is 404 g/mol. The van der Waals surface area contributed by atoms with Gasteiger partial charge >= 0.3 is 0 Å². The van der Waals surface area contributed by atoms with E-state index in [1.54, 1.807) is 74.6 Å². The molecule has 0 unspecified atom stereocenters. The first-order valence-corrected chi connectivity index (χ1v) is 10.1. The second kappa shape index (κ2) is 10.3. The third-order valence-electron chi connectivity index (χ3n) is 4.83. The van der Waals surface area contributed by atoms with Gasteiger partial charge in [-0.05, 0) is 54.6 Å². The quantitative estimate of drug-likeness (QED) is 0.599. The van der Waals surface area contributed by atoms with Gasteiger partial charge in [0.2, 0.25) is 5.91 Å². The lowest BCUT2D eigenvalue weighted by atomic mass is 10.1. The summed E-state index contributed by atoms with van der Waals surface area (Å²) in [4.78, 5) is 40.1. The molecule has 0 saturated carbocycles. The SMILES string of the molecule is CN(C)C(=O)c1ccc(NCC(=O)Nc2cccc(C(=O)N(C)c3ccccc3)c2)cc1. The number of nitrogens with one attached hydrogen (secondary N) is 2. The van der Waals surface area contributed by atoms with E-state index in [-0.39, 0.29) is 24.3 Å². The molecule has 3 aromatic rings. The van der Waals surface area contributed by atoms with Gasteiger partial charge in [0.15, 0.2) is 0 Å². The number of para-hydroxylation sites is 1. The first kappa shape index (κ1) is 22.6. The topological polar surface area (TPSA) is 81.8 Å². The molecule has 0 aromatic heterocycles. The Balaban J connectivity index is 1.58. The predicted molar refractivity (Wildman–Crippen MR) is 127 cm³/mol. The predicted octanol–water partition coefficient (Wildman–Crippen LogP) is 3.72. The first-order valence-electron chi connectivity index (χ1n) is 10.1. The van der Waals surface area contributed by atoms with Crippen LogP contribution in [0.15, 0.2) is 78.9 Å². The third-order valence-corrected chi connectivity index (χ3v) is 4.83. The number of carbonyl (C=O) groups excluding carboxylic acids is 3. The van der Waals surface area contributed by atoms with Crippen molar-refractivity contribution in [2.24, 2.45) is 0 Å². The fourth-order valence-corrected chi connectivity index (χ4v) is 3.07. The number of hydrogen-bond donors (Lipinski definition) is 2. The van der Waals surface area contributed by atoms with Crippen LogP contribution in [0.5, 0.6) is 0 Å². The summed E-state index contributed by atoms with van der Waals surface area (Å²) in [5, 5.41) is 5.82. The van der Waals surface area contributed by atoms with Gasteiger partial charge in [-0.2, -0.15) is 0 Å². The van der Waals surface area contributed by atoms with Crippen molar-refractivity contribution in [3.63, 3.8) is 0 Å². The summed E-state index contributed by atoms with van der Waals surface area (Å²) in [6, 6.07) is 23.1. The first-order chi connectivity index (χ1) is 15.3. The molecule has 164 valence electrons. The molecule has 0 saturated heterocycles. The van der Waals surface area contributed by atoms with Crippen LogP contribution in [0.4, 0.5) is 17.1 Å². The fourth-order valence-electron chi connectivity index (χ4n) is 3.07. The zero-order chi connectivity index (χ0) is 23.1. The zero-order valence-electron chi connectivity index (χ0n) is 18.3. The number of hydrogen-bond acceptors (Lipinski definition) is 4. The smallest absolute Gasteiger partial charge is 0.258 e. The highest BCUT2D eigenvalue weighted by atomic mass is 16.2. The molecule has 0 aliphatic carbocycles. The molecule has 0 atom stereocenters. The summed E-state index contributed by atoms with van der Waals surface area (Å²) < 4.78 is 0. The van der Waals surface area contributed by atoms with Crippen molar-refractivity contribution in [1.29, 1.82) is 0 Å². The van der Waals surface area contributed by atoms with E-state index in [1.807, 2.05) is 30.3 Å². The molecule has 0 heterocycles. The summed E-state index contributed by atoms with van der Waals surface area (Å²) in [5.74, 6) is -0.501. The Labute approximate surface area is 187 Å². The number of benzene rings is 3. The van der Waals surface area contributed by atoms with Crippen LogP contribution in [0, 0.1) is 0 Å². The number of anilines is 3. The average Bonchev–Trinajstić information content (AvgIpc) is 2.82. The van der Waals surface area contributed by atoms with Crippen molar-refractivity contribution >= 4 is 34.8 Å². The Morgan fingerprint density at radius 3 is 2.06 bits per heavy atom. The van der Waals surface area contributed by atoms with Crippen molar-refractivity contribution in [3.05, 3.63) is 90.0 Å². The van der Waals surface area contributed by atoms with Crippen LogP contribution >= 0.6 is 0 Å². The zero-order valence-corrected chi connectivity index (χ0v) is 18.3. The molecular formula is C25H26N4O3. The maximum absolute atomic E-state index is 12.8.